The van der Waals surface area contributed by atoms with Gasteiger partial charge in [0.05, 0.1) is 5.69 Å². The van der Waals surface area contributed by atoms with Crippen LogP contribution in [0.5, 0.6) is 0 Å². The van der Waals surface area contributed by atoms with E-state index in [1.807, 2.05) is 11.3 Å². The van der Waals surface area contributed by atoms with Crippen molar-refractivity contribution in [1.29, 1.82) is 0 Å². The number of nitrogens with one attached hydrogen (secondary N) is 1. The molecule has 3 nitrogen and oxygen atoms in total. The highest BCUT2D eigenvalue weighted by molar-refractivity contribution is 7.15. The number of anilines is 1. The van der Waals surface area contributed by atoms with Crippen molar-refractivity contribution in [3.63, 3.8) is 0 Å². The molecule has 1 heterocycles. The maximum absolute atomic E-state index is 4.91. The van der Waals surface area contributed by atoms with Gasteiger partial charge in [-0.25, -0.2) is 4.98 Å². The van der Waals surface area contributed by atoms with E-state index in [1.54, 1.807) is 0 Å². The molecule has 0 saturated heterocycles. The Labute approximate surface area is 128 Å². The van der Waals surface area contributed by atoms with E-state index in [0.29, 0.717) is 18.0 Å². The summed E-state index contributed by atoms with van der Waals surface area (Å²) >= 11 is 1.85. The zero-order chi connectivity index (χ0) is 15.3. The van der Waals surface area contributed by atoms with Gasteiger partial charge in [-0.3, -0.25) is 0 Å². The first-order valence-electron chi connectivity index (χ1n) is 7.86. The summed E-state index contributed by atoms with van der Waals surface area (Å²) in [5, 5.41) is 4.69. The maximum atomic E-state index is 4.91. The first-order chi connectivity index (χ1) is 9.40. The molecule has 1 aromatic rings. The summed E-state index contributed by atoms with van der Waals surface area (Å²) in [5.41, 5.74) is 1.26. The second-order valence-electron chi connectivity index (χ2n) is 6.08. The Morgan fingerprint density at radius 2 is 1.75 bits per heavy atom. The Hall–Kier alpha value is -0.610. The van der Waals surface area contributed by atoms with Gasteiger partial charge in [0.15, 0.2) is 5.13 Å². The van der Waals surface area contributed by atoms with E-state index in [9.17, 15) is 0 Å². The Morgan fingerprint density at radius 3 is 2.20 bits per heavy atom. The normalized spacial score (nSPS) is 11.9. The van der Waals surface area contributed by atoms with Crippen LogP contribution in [-0.2, 0) is 6.54 Å². The molecule has 0 unspecified atom stereocenters. The van der Waals surface area contributed by atoms with Crippen LogP contribution in [0.1, 0.15) is 70.9 Å². The van der Waals surface area contributed by atoms with E-state index in [-0.39, 0.29) is 0 Å². The molecule has 0 bridgehead atoms. The minimum Gasteiger partial charge on any atom is -0.348 e. The molecule has 0 amide bonds. The van der Waals surface area contributed by atoms with E-state index in [1.165, 1.54) is 28.5 Å². The van der Waals surface area contributed by atoms with E-state index in [2.05, 4.69) is 58.8 Å². The van der Waals surface area contributed by atoms with Crippen LogP contribution in [0.2, 0.25) is 0 Å². The van der Waals surface area contributed by atoms with Gasteiger partial charge in [0.1, 0.15) is 0 Å². The van der Waals surface area contributed by atoms with Crippen molar-refractivity contribution >= 4 is 16.5 Å². The van der Waals surface area contributed by atoms with Crippen LogP contribution in [0.25, 0.3) is 0 Å². The lowest BCUT2D eigenvalue weighted by molar-refractivity contribution is 0.586. The summed E-state index contributed by atoms with van der Waals surface area (Å²) in [7, 11) is 2.18. The molecule has 0 aliphatic rings. The first kappa shape index (κ1) is 17.4. The number of thiazole rings is 1. The fourth-order valence-electron chi connectivity index (χ4n) is 2.37. The fraction of sp³-hybridized carbons (Fsp3) is 0.812. The molecule has 0 spiro atoms. The highest BCUT2D eigenvalue weighted by Crippen LogP contribution is 2.31. The maximum Gasteiger partial charge on any atom is 0.185 e. The van der Waals surface area contributed by atoms with Crippen LogP contribution < -0.4 is 10.2 Å². The molecule has 4 heteroatoms. The van der Waals surface area contributed by atoms with Crippen molar-refractivity contribution in [2.45, 2.75) is 78.9 Å². The Balaban J connectivity index is 2.95. The van der Waals surface area contributed by atoms with Crippen LogP contribution in [0.15, 0.2) is 0 Å². The minimum atomic E-state index is 0.485. The Morgan fingerprint density at radius 1 is 1.15 bits per heavy atom. The van der Waals surface area contributed by atoms with E-state index in [4.69, 9.17) is 4.98 Å². The van der Waals surface area contributed by atoms with Crippen LogP contribution >= 0.6 is 11.3 Å². The lowest BCUT2D eigenvalue weighted by Gasteiger charge is -2.25. The molecular formula is C16H31N3S. The van der Waals surface area contributed by atoms with Gasteiger partial charge in [-0.1, -0.05) is 41.5 Å². The minimum absolute atomic E-state index is 0.485. The summed E-state index contributed by atoms with van der Waals surface area (Å²) in [6.45, 7) is 14.3. The predicted octanol–water partition coefficient (Wildman–Crippen LogP) is 4.39. The zero-order valence-electron chi connectivity index (χ0n) is 14.2. The molecule has 1 aromatic heterocycles. The van der Waals surface area contributed by atoms with Gasteiger partial charge in [0, 0.05) is 30.6 Å². The average molecular weight is 298 g/mol. The molecule has 0 saturated carbocycles. The quantitative estimate of drug-likeness (QED) is 0.771. The van der Waals surface area contributed by atoms with Crippen LogP contribution in [-0.4, -0.2) is 24.1 Å². The predicted molar refractivity (Wildman–Crippen MR) is 91.0 cm³/mol. The molecule has 0 fully saturated rings. The first-order valence-corrected chi connectivity index (χ1v) is 8.68. The summed E-state index contributed by atoms with van der Waals surface area (Å²) in [6.07, 6.45) is 2.34. The highest BCUT2D eigenvalue weighted by atomic mass is 32.1. The van der Waals surface area contributed by atoms with Gasteiger partial charge in [-0.2, -0.15) is 0 Å². The SMILES string of the molecule is CCC(CC)N(C)c1nc(C(C)C)c(CNC(C)C)s1. The summed E-state index contributed by atoms with van der Waals surface area (Å²) < 4.78 is 0. The average Bonchev–Trinajstić information content (AvgIpc) is 2.81. The molecule has 0 aliphatic heterocycles. The Kier molecular flexibility index (Phi) is 6.96. The van der Waals surface area contributed by atoms with E-state index >= 15 is 0 Å². The van der Waals surface area contributed by atoms with Crippen molar-refractivity contribution in [3.05, 3.63) is 10.6 Å². The molecule has 0 atom stereocenters. The van der Waals surface area contributed by atoms with Gasteiger partial charge < -0.3 is 10.2 Å². The smallest absolute Gasteiger partial charge is 0.185 e. The van der Waals surface area contributed by atoms with Gasteiger partial charge in [0.25, 0.3) is 0 Å². The number of hydrogen-bond acceptors (Lipinski definition) is 4. The van der Waals surface area contributed by atoms with Crippen LogP contribution in [0, 0.1) is 0 Å². The van der Waals surface area contributed by atoms with Crippen LogP contribution in [0.3, 0.4) is 0 Å². The second kappa shape index (κ2) is 7.99. The summed E-state index contributed by atoms with van der Waals surface area (Å²) in [4.78, 5) is 8.66. The fourth-order valence-corrected chi connectivity index (χ4v) is 3.57. The molecule has 20 heavy (non-hydrogen) atoms. The zero-order valence-corrected chi connectivity index (χ0v) is 15.0. The molecular weight excluding hydrogens is 266 g/mol. The van der Waals surface area contributed by atoms with Crippen molar-refractivity contribution in [2.24, 2.45) is 0 Å². The number of nitrogens with zero attached hydrogens (tertiary/aromatic N) is 2. The van der Waals surface area contributed by atoms with E-state index in [0.717, 1.165) is 6.54 Å². The van der Waals surface area contributed by atoms with Crippen molar-refractivity contribution in [3.8, 4) is 0 Å². The topological polar surface area (TPSA) is 28.2 Å². The largest absolute Gasteiger partial charge is 0.348 e. The molecule has 1 rings (SSSR count). The molecule has 0 aliphatic carbocycles. The molecule has 0 radical (unpaired) electrons. The van der Waals surface area contributed by atoms with Crippen molar-refractivity contribution in [1.82, 2.24) is 10.3 Å². The van der Waals surface area contributed by atoms with E-state index < -0.39 is 0 Å². The summed E-state index contributed by atoms with van der Waals surface area (Å²) in [6, 6.07) is 1.10. The Bertz CT molecular complexity index is 394. The third-order valence-electron chi connectivity index (χ3n) is 3.73. The van der Waals surface area contributed by atoms with Gasteiger partial charge in [-0.05, 0) is 18.8 Å². The molecule has 116 valence electrons. The van der Waals surface area contributed by atoms with Crippen LogP contribution in [0.4, 0.5) is 5.13 Å². The second-order valence-corrected chi connectivity index (χ2v) is 7.14. The molecule has 0 aromatic carbocycles. The van der Waals surface area contributed by atoms with Gasteiger partial charge in [-0.15, -0.1) is 11.3 Å². The number of hydrogen-bond donors (Lipinski definition) is 1. The third-order valence-corrected chi connectivity index (χ3v) is 4.89. The van der Waals surface area contributed by atoms with Crippen molar-refractivity contribution < 1.29 is 0 Å². The highest BCUT2D eigenvalue weighted by Gasteiger charge is 2.19. The van der Waals surface area contributed by atoms with Gasteiger partial charge in [0.2, 0.25) is 0 Å². The lowest BCUT2D eigenvalue weighted by atomic mass is 10.1. The monoisotopic (exact) mass is 297 g/mol. The third kappa shape index (κ3) is 4.45. The summed E-state index contributed by atoms with van der Waals surface area (Å²) in [5.74, 6) is 0.485. The standard InChI is InChI=1S/C16H31N3S/c1-8-13(9-2)19(7)16-18-15(11(3)4)14(20-16)10-17-12(5)6/h11-13,17H,8-10H2,1-7H3. The molecule has 1 N–H and O–H groups in total. The number of rotatable bonds is 8. The van der Waals surface area contributed by atoms with Crippen molar-refractivity contribution in [2.75, 3.05) is 11.9 Å². The number of aromatic nitrogens is 1. The lowest BCUT2D eigenvalue weighted by Crippen LogP contribution is -2.30. The van der Waals surface area contributed by atoms with Gasteiger partial charge >= 0.3 is 0 Å².